The molecule has 1 aliphatic rings. The largest absolute Gasteiger partial charge is 0.309 e. The molecule has 0 aromatic heterocycles. The second kappa shape index (κ2) is 8.74. The minimum Gasteiger partial charge on any atom is -0.309 e. The fourth-order valence-electron chi connectivity index (χ4n) is 3.23. The van der Waals surface area contributed by atoms with Gasteiger partial charge in [0, 0.05) is 11.3 Å². The predicted octanol–water partition coefficient (Wildman–Crippen LogP) is 5.04. The molecule has 0 saturated heterocycles. The van der Waals surface area contributed by atoms with Crippen LogP contribution in [0.2, 0.25) is 0 Å². The first-order valence-corrected chi connectivity index (χ1v) is 9.30. The molecule has 112 valence electrons. The van der Waals surface area contributed by atoms with Gasteiger partial charge in [-0.2, -0.15) is 11.8 Å². The minimum atomic E-state index is 0.498. The van der Waals surface area contributed by atoms with Gasteiger partial charge >= 0.3 is 0 Å². The SMILES string of the molecule is CCNC(c1ccccc1)C(CC)SCC1CCCC1. The van der Waals surface area contributed by atoms with Crippen molar-refractivity contribution >= 4 is 11.8 Å². The van der Waals surface area contributed by atoms with Crippen LogP contribution in [0.3, 0.4) is 0 Å². The van der Waals surface area contributed by atoms with E-state index in [0.29, 0.717) is 11.3 Å². The summed E-state index contributed by atoms with van der Waals surface area (Å²) in [6, 6.07) is 11.5. The molecule has 1 N–H and O–H groups in total. The summed E-state index contributed by atoms with van der Waals surface area (Å²) in [5.74, 6) is 2.33. The van der Waals surface area contributed by atoms with Crippen molar-refractivity contribution in [2.24, 2.45) is 5.92 Å². The van der Waals surface area contributed by atoms with Gasteiger partial charge in [-0.25, -0.2) is 0 Å². The highest BCUT2D eigenvalue weighted by Gasteiger charge is 2.23. The molecule has 1 aromatic rings. The topological polar surface area (TPSA) is 12.0 Å². The van der Waals surface area contributed by atoms with Gasteiger partial charge in [0.25, 0.3) is 0 Å². The van der Waals surface area contributed by atoms with E-state index < -0.39 is 0 Å². The molecule has 0 bridgehead atoms. The summed E-state index contributed by atoms with van der Waals surface area (Å²) in [6.45, 7) is 5.59. The quantitative estimate of drug-likeness (QED) is 0.720. The summed E-state index contributed by atoms with van der Waals surface area (Å²) in [5, 5.41) is 4.40. The number of rotatable bonds is 8. The van der Waals surface area contributed by atoms with Gasteiger partial charge in [0.05, 0.1) is 0 Å². The van der Waals surface area contributed by atoms with Crippen LogP contribution in [-0.4, -0.2) is 17.5 Å². The van der Waals surface area contributed by atoms with Gasteiger partial charge in [-0.3, -0.25) is 0 Å². The summed E-state index contributed by atoms with van der Waals surface area (Å²) in [5.41, 5.74) is 1.44. The van der Waals surface area contributed by atoms with Crippen LogP contribution in [0.4, 0.5) is 0 Å². The third-order valence-electron chi connectivity index (χ3n) is 4.38. The van der Waals surface area contributed by atoms with Crippen LogP contribution in [0.15, 0.2) is 30.3 Å². The standard InChI is InChI=1S/C18H29NS/c1-3-17(20-14-15-10-8-9-11-15)18(19-4-2)16-12-6-5-7-13-16/h5-7,12-13,15,17-19H,3-4,8-11,14H2,1-2H3. The van der Waals surface area contributed by atoms with E-state index in [2.05, 4.69) is 61.3 Å². The fourth-order valence-corrected chi connectivity index (χ4v) is 4.76. The van der Waals surface area contributed by atoms with Crippen molar-refractivity contribution < 1.29 is 0 Å². The molecular formula is C18H29NS. The van der Waals surface area contributed by atoms with Crippen molar-refractivity contribution in [3.05, 3.63) is 35.9 Å². The van der Waals surface area contributed by atoms with Crippen LogP contribution in [0.1, 0.15) is 57.6 Å². The van der Waals surface area contributed by atoms with E-state index in [-0.39, 0.29) is 0 Å². The first-order chi connectivity index (χ1) is 9.85. The summed E-state index contributed by atoms with van der Waals surface area (Å²) < 4.78 is 0. The van der Waals surface area contributed by atoms with Gasteiger partial charge in [-0.1, -0.05) is 57.0 Å². The highest BCUT2D eigenvalue weighted by atomic mass is 32.2. The maximum Gasteiger partial charge on any atom is 0.0440 e. The molecule has 1 aromatic carbocycles. The van der Waals surface area contributed by atoms with E-state index in [1.54, 1.807) is 0 Å². The normalized spacial score (nSPS) is 19.1. The van der Waals surface area contributed by atoms with E-state index in [0.717, 1.165) is 12.5 Å². The summed E-state index contributed by atoms with van der Waals surface area (Å²) in [4.78, 5) is 0. The molecule has 1 aliphatic carbocycles. The van der Waals surface area contributed by atoms with Gasteiger partial charge in [0.1, 0.15) is 0 Å². The molecule has 0 amide bonds. The van der Waals surface area contributed by atoms with E-state index in [1.165, 1.54) is 43.4 Å². The number of hydrogen-bond acceptors (Lipinski definition) is 2. The lowest BCUT2D eigenvalue weighted by Gasteiger charge is -2.28. The zero-order valence-corrected chi connectivity index (χ0v) is 13.8. The third kappa shape index (κ3) is 4.53. The van der Waals surface area contributed by atoms with Gasteiger partial charge < -0.3 is 5.32 Å². The Morgan fingerprint density at radius 3 is 2.45 bits per heavy atom. The molecule has 1 fully saturated rings. The molecule has 1 nitrogen and oxygen atoms in total. The number of nitrogens with one attached hydrogen (secondary N) is 1. The molecule has 20 heavy (non-hydrogen) atoms. The molecule has 2 atom stereocenters. The molecule has 2 heteroatoms. The average molecular weight is 292 g/mol. The Hall–Kier alpha value is -0.470. The summed E-state index contributed by atoms with van der Waals surface area (Å²) >= 11 is 2.20. The monoisotopic (exact) mass is 291 g/mol. The lowest BCUT2D eigenvalue weighted by molar-refractivity contribution is 0.519. The van der Waals surface area contributed by atoms with Gasteiger partial charge in [0.2, 0.25) is 0 Å². The Balaban J connectivity index is 1.97. The third-order valence-corrected chi connectivity index (χ3v) is 6.08. The first kappa shape index (κ1) is 15.9. The lowest BCUT2D eigenvalue weighted by Crippen LogP contribution is -2.30. The van der Waals surface area contributed by atoms with Crippen LogP contribution in [0.25, 0.3) is 0 Å². The molecule has 0 heterocycles. The van der Waals surface area contributed by atoms with E-state index in [9.17, 15) is 0 Å². The van der Waals surface area contributed by atoms with Crippen molar-refractivity contribution in [1.29, 1.82) is 0 Å². The van der Waals surface area contributed by atoms with Crippen LogP contribution < -0.4 is 5.32 Å². The molecule has 0 radical (unpaired) electrons. The Morgan fingerprint density at radius 1 is 1.15 bits per heavy atom. The summed E-state index contributed by atoms with van der Waals surface area (Å²) in [7, 11) is 0. The smallest absolute Gasteiger partial charge is 0.0440 e. The average Bonchev–Trinajstić information content (AvgIpc) is 3.01. The zero-order valence-electron chi connectivity index (χ0n) is 13.0. The van der Waals surface area contributed by atoms with Gasteiger partial charge in [-0.15, -0.1) is 0 Å². The van der Waals surface area contributed by atoms with Crippen LogP contribution in [0, 0.1) is 5.92 Å². The van der Waals surface area contributed by atoms with E-state index in [4.69, 9.17) is 0 Å². The zero-order chi connectivity index (χ0) is 14.2. The highest BCUT2D eigenvalue weighted by molar-refractivity contribution is 7.99. The van der Waals surface area contributed by atoms with Crippen molar-refractivity contribution in [3.63, 3.8) is 0 Å². The Bertz CT molecular complexity index is 359. The highest BCUT2D eigenvalue weighted by Crippen LogP contribution is 2.34. The van der Waals surface area contributed by atoms with E-state index in [1.807, 2.05) is 0 Å². The van der Waals surface area contributed by atoms with Crippen molar-refractivity contribution in [2.75, 3.05) is 12.3 Å². The molecule has 2 unspecified atom stereocenters. The molecule has 0 spiro atoms. The minimum absolute atomic E-state index is 0.498. The van der Waals surface area contributed by atoms with Crippen molar-refractivity contribution in [1.82, 2.24) is 5.32 Å². The second-order valence-corrected chi connectivity index (χ2v) is 7.15. The fraction of sp³-hybridized carbons (Fsp3) is 0.667. The second-order valence-electron chi connectivity index (χ2n) is 5.88. The maximum atomic E-state index is 3.70. The van der Waals surface area contributed by atoms with Crippen molar-refractivity contribution in [3.8, 4) is 0 Å². The Kier molecular flexibility index (Phi) is 6.95. The maximum absolute atomic E-state index is 3.70. The van der Waals surface area contributed by atoms with Gasteiger partial charge in [0.15, 0.2) is 0 Å². The van der Waals surface area contributed by atoms with Crippen LogP contribution in [0.5, 0.6) is 0 Å². The Morgan fingerprint density at radius 2 is 1.85 bits per heavy atom. The molecule has 0 aliphatic heterocycles. The predicted molar refractivity (Wildman–Crippen MR) is 91.4 cm³/mol. The molecule has 1 saturated carbocycles. The Labute approximate surface area is 128 Å². The first-order valence-electron chi connectivity index (χ1n) is 8.25. The van der Waals surface area contributed by atoms with E-state index >= 15 is 0 Å². The van der Waals surface area contributed by atoms with Crippen LogP contribution >= 0.6 is 11.8 Å². The number of thioether (sulfide) groups is 1. The van der Waals surface area contributed by atoms with Gasteiger partial charge in [-0.05, 0) is 43.0 Å². The number of benzene rings is 1. The molecule has 2 rings (SSSR count). The van der Waals surface area contributed by atoms with Crippen LogP contribution in [-0.2, 0) is 0 Å². The van der Waals surface area contributed by atoms with Crippen molar-refractivity contribution in [2.45, 2.75) is 57.2 Å². The number of hydrogen-bond donors (Lipinski definition) is 1. The lowest BCUT2D eigenvalue weighted by atomic mass is 10.0. The summed E-state index contributed by atoms with van der Waals surface area (Å²) in [6.07, 6.45) is 7.07. The molecular weight excluding hydrogens is 262 g/mol.